The molecule has 0 aromatic heterocycles. The second-order valence-electron chi connectivity index (χ2n) is 4.65. The maximum atomic E-state index is 12.0. The van der Waals surface area contributed by atoms with Crippen LogP contribution >= 0.6 is 0 Å². The molecule has 0 aliphatic carbocycles. The van der Waals surface area contributed by atoms with Gasteiger partial charge in [0, 0.05) is 5.56 Å². The van der Waals surface area contributed by atoms with Gasteiger partial charge >= 0.3 is 5.97 Å². The van der Waals surface area contributed by atoms with Gasteiger partial charge in [-0.3, -0.25) is 4.79 Å². The number of carbonyl (C=O) groups is 2. The van der Waals surface area contributed by atoms with Crippen LogP contribution in [0, 0.1) is 6.92 Å². The normalized spacial score (nSPS) is 10.0. The molecule has 2 aromatic rings. The van der Waals surface area contributed by atoms with Crippen LogP contribution in [0.5, 0.6) is 0 Å². The van der Waals surface area contributed by atoms with E-state index in [0.717, 1.165) is 17.5 Å². The summed E-state index contributed by atoms with van der Waals surface area (Å²) in [6.45, 7) is 3.78. The Balaban J connectivity index is 2.05. The van der Waals surface area contributed by atoms with Gasteiger partial charge in [0.05, 0.1) is 5.56 Å². The van der Waals surface area contributed by atoms with E-state index in [2.05, 4.69) is 5.48 Å². The molecule has 0 aliphatic rings. The lowest BCUT2D eigenvalue weighted by atomic mass is 10.1. The van der Waals surface area contributed by atoms with Crippen molar-refractivity contribution in [1.29, 1.82) is 0 Å². The van der Waals surface area contributed by atoms with E-state index < -0.39 is 11.9 Å². The Hall–Kier alpha value is -2.62. The molecule has 2 aromatic carbocycles. The zero-order chi connectivity index (χ0) is 15.2. The van der Waals surface area contributed by atoms with Gasteiger partial charge in [0.25, 0.3) is 5.91 Å². The second kappa shape index (κ2) is 6.70. The molecule has 21 heavy (non-hydrogen) atoms. The van der Waals surface area contributed by atoms with Crippen LogP contribution in [0.15, 0.2) is 48.5 Å². The fourth-order valence-corrected chi connectivity index (χ4v) is 2.06. The second-order valence-corrected chi connectivity index (χ2v) is 4.65. The number of nitrogens with one attached hydrogen (secondary N) is 1. The number of aryl methyl sites for hydroxylation is 2. The molecule has 0 bridgehead atoms. The van der Waals surface area contributed by atoms with Crippen molar-refractivity contribution < 1.29 is 14.4 Å². The number of hydrogen-bond donors (Lipinski definition) is 1. The standard InChI is InChI=1S/C17H17NO3/c1-3-13-9-5-7-11-15(13)17(20)21-18-16(19)14-10-6-4-8-12(14)2/h4-11H,3H2,1-2H3,(H,18,19). The van der Waals surface area contributed by atoms with Crippen molar-refractivity contribution >= 4 is 11.9 Å². The summed E-state index contributed by atoms with van der Waals surface area (Å²) in [5.41, 5.74) is 4.85. The molecule has 0 radical (unpaired) electrons. The molecule has 2 rings (SSSR count). The molecule has 0 unspecified atom stereocenters. The third kappa shape index (κ3) is 3.48. The highest BCUT2D eigenvalue weighted by molar-refractivity contribution is 5.97. The van der Waals surface area contributed by atoms with Crippen LogP contribution < -0.4 is 5.48 Å². The van der Waals surface area contributed by atoms with Crippen LogP contribution in [-0.2, 0) is 11.3 Å². The summed E-state index contributed by atoms with van der Waals surface area (Å²) in [4.78, 5) is 28.9. The summed E-state index contributed by atoms with van der Waals surface area (Å²) in [5, 5.41) is 0. The van der Waals surface area contributed by atoms with Crippen LogP contribution in [0.2, 0.25) is 0 Å². The number of carbonyl (C=O) groups excluding carboxylic acids is 2. The molecule has 4 heteroatoms. The van der Waals surface area contributed by atoms with Crippen LogP contribution in [0.4, 0.5) is 0 Å². The largest absolute Gasteiger partial charge is 0.363 e. The fourth-order valence-electron chi connectivity index (χ4n) is 2.06. The summed E-state index contributed by atoms with van der Waals surface area (Å²) >= 11 is 0. The molecular formula is C17H17NO3. The van der Waals surface area contributed by atoms with E-state index in [1.54, 1.807) is 24.3 Å². The minimum Gasteiger partial charge on any atom is -0.335 e. The molecular weight excluding hydrogens is 266 g/mol. The van der Waals surface area contributed by atoms with Gasteiger partial charge in [0.1, 0.15) is 0 Å². The molecule has 0 fully saturated rings. The van der Waals surface area contributed by atoms with Crippen LogP contribution in [-0.4, -0.2) is 11.9 Å². The Bertz CT molecular complexity index is 665. The average Bonchev–Trinajstić information content (AvgIpc) is 2.52. The first-order chi connectivity index (χ1) is 10.1. The van der Waals surface area contributed by atoms with Gasteiger partial charge in [-0.25, -0.2) is 4.79 Å². The molecule has 1 amide bonds. The number of rotatable bonds is 3. The molecule has 0 spiro atoms. The highest BCUT2D eigenvalue weighted by Crippen LogP contribution is 2.11. The number of hydrogen-bond acceptors (Lipinski definition) is 3. The zero-order valence-electron chi connectivity index (χ0n) is 12.1. The Morgan fingerprint density at radius 1 is 1.00 bits per heavy atom. The molecule has 0 saturated heterocycles. The van der Waals surface area contributed by atoms with Crippen molar-refractivity contribution in [1.82, 2.24) is 5.48 Å². The molecule has 0 saturated carbocycles. The average molecular weight is 283 g/mol. The maximum Gasteiger partial charge on any atom is 0.363 e. The highest BCUT2D eigenvalue weighted by Gasteiger charge is 2.14. The first-order valence-electron chi connectivity index (χ1n) is 6.78. The molecule has 0 heterocycles. The van der Waals surface area contributed by atoms with E-state index in [1.165, 1.54) is 0 Å². The Labute approximate surface area is 123 Å². The molecule has 108 valence electrons. The predicted octanol–water partition coefficient (Wildman–Crippen LogP) is 3.06. The maximum absolute atomic E-state index is 12.0. The van der Waals surface area contributed by atoms with Gasteiger partial charge in [-0.05, 0) is 36.6 Å². The van der Waals surface area contributed by atoms with Crippen LogP contribution in [0.3, 0.4) is 0 Å². The SMILES string of the molecule is CCc1ccccc1C(=O)ONC(=O)c1ccccc1C. The van der Waals surface area contributed by atoms with Crippen molar-refractivity contribution in [3.63, 3.8) is 0 Å². The number of benzene rings is 2. The number of hydroxylamine groups is 1. The summed E-state index contributed by atoms with van der Waals surface area (Å²) in [6, 6.07) is 14.3. The predicted molar refractivity (Wildman–Crippen MR) is 79.9 cm³/mol. The minimum absolute atomic E-state index is 0.435. The van der Waals surface area contributed by atoms with Crippen molar-refractivity contribution in [3.05, 3.63) is 70.8 Å². The first kappa shape index (κ1) is 14.8. The molecule has 1 N–H and O–H groups in total. The summed E-state index contributed by atoms with van der Waals surface area (Å²) in [7, 11) is 0. The third-order valence-electron chi connectivity index (χ3n) is 3.24. The van der Waals surface area contributed by atoms with E-state index in [4.69, 9.17) is 4.84 Å². The molecule has 4 nitrogen and oxygen atoms in total. The summed E-state index contributed by atoms with van der Waals surface area (Å²) in [5.74, 6) is -0.996. The Kier molecular flexibility index (Phi) is 4.72. The first-order valence-corrected chi connectivity index (χ1v) is 6.78. The highest BCUT2D eigenvalue weighted by atomic mass is 16.7. The van der Waals surface area contributed by atoms with Gasteiger partial charge < -0.3 is 4.84 Å². The van der Waals surface area contributed by atoms with Crippen molar-refractivity contribution in [2.45, 2.75) is 20.3 Å². The van der Waals surface area contributed by atoms with E-state index in [9.17, 15) is 9.59 Å². The van der Waals surface area contributed by atoms with Crippen LogP contribution in [0.25, 0.3) is 0 Å². The van der Waals surface area contributed by atoms with Gasteiger partial charge in [0.15, 0.2) is 0 Å². The Morgan fingerprint density at radius 3 is 2.29 bits per heavy atom. The molecule has 0 atom stereocenters. The van der Waals surface area contributed by atoms with Crippen molar-refractivity contribution in [2.24, 2.45) is 0 Å². The lowest BCUT2D eigenvalue weighted by Crippen LogP contribution is -2.28. The summed E-state index contributed by atoms with van der Waals surface area (Å²) in [6.07, 6.45) is 0.719. The fraction of sp³-hybridized carbons (Fsp3) is 0.176. The summed E-state index contributed by atoms with van der Waals surface area (Å²) < 4.78 is 0. The van der Waals surface area contributed by atoms with Gasteiger partial charge in [0.2, 0.25) is 0 Å². The lowest BCUT2D eigenvalue weighted by Gasteiger charge is -2.09. The quantitative estimate of drug-likeness (QED) is 0.881. The smallest absolute Gasteiger partial charge is 0.335 e. The minimum atomic E-state index is -0.561. The van der Waals surface area contributed by atoms with Crippen molar-refractivity contribution in [2.75, 3.05) is 0 Å². The Morgan fingerprint density at radius 2 is 1.62 bits per heavy atom. The van der Waals surface area contributed by atoms with Crippen molar-refractivity contribution in [3.8, 4) is 0 Å². The van der Waals surface area contributed by atoms with E-state index in [-0.39, 0.29) is 0 Å². The van der Waals surface area contributed by atoms with Gasteiger partial charge in [-0.15, -0.1) is 0 Å². The number of amides is 1. The van der Waals surface area contributed by atoms with E-state index in [1.807, 2.05) is 38.1 Å². The monoisotopic (exact) mass is 283 g/mol. The third-order valence-corrected chi connectivity index (χ3v) is 3.24. The van der Waals surface area contributed by atoms with E-state index in [0.29, 0.717) is 11.1 Å². The topological polar surface area (TPSA) is 55.4 Å². The lowest BCUT2D eigenvalue weighted by molar-refractivity contribution is 0.0229. The van der Waals surface area contributed by atoms with Gasteiger partial charge in [-0.1, -0.05) is 43.3 Å². The molecule has 0 aliphatic heterocycles. The van der Waals surface area contributed by atoms with Crippen LogP contribution in [0.1, 0.15) is 38.8 Å². The zero-order valence-corrected chi connectivity index (χ0v) is 12.1. The van der Waals surface area contributed by atoms with E-state index >= 15 is 0 Å². The van der Waals surface area contributed by atoms with Gasteiger partial charge in [-0.2, -0.15) is 5.48 Å².